The molecule has 2 aromatic rings. The summed E-state index contributed by atoms with van der Waals surface area (Å²) in [5.41, 5.74) is 0.729. The van der Waals surface area contributed by atoms with Crippen molar-refractivity contribution in [2.45, 2.75) is 53.5 Å². The zero-order valence-electron chi connectivity index (χ0n) is 16.9. The van der Waals surface area contributed by atoms with Gasteiger partial charge in [-0.05, 0) is 23.5 Å². The maximum absolute atomic E-state index is 12.8. The summed E-state index contributed by atoms with van der Waals surface area (Å²) < 4.78 is 0. The molecule has 0 spiro atoms. The SMILES string of the molecule is CCC(C)C(NC(=O)CC(C)(C)C)C(=O)Nc1nnc(-c2ccc(Cl)cc2)s1. The fourth-order valence-corrected chi connectivity index (χ4v) is 3.45. The first-order valence-electron chi connectivity index (χ1n) is 9.28. The number of carbonyl (C=O) groups excluding carboxylic acids is 2. The average Bonchev–Trinajstić information content (AvgIpc) is 3.06. The number of rotatable bonds is 7. The molecule has 0 fully saturated rings. The van der Waals surface area contributed by atoms with Gasteiger partial charge in [0.25, 0.3) is 0 Å². The summed E-state index contributed by atoms with van der Waals surface area (Å²) in [5, 5.41) is 15.6. The third-order valence-corrected chi connectivity index (χ3v) is 5.39. The minimum Gasteiger partial charge on any atom is -0.344 e. The molecule has 2 N–H and O–H groups in total. The Labute approximate surface area is 175 Å². The van der Waals surface area contributed by atoms with E-state index >= 15 is 0 Å². The van der Waals surface area contributed by atoms with Gasteiger partial charge in [-0.15, -0.1) is 10.2 Å². The highest BCUT2D eigenvalue weighted by Gasteiger charge is 2.28. The van der Waals surface area contributed by atoms with Crippen LogP contribution in [0.1, 0.15) is 47.5 Å². The number of hydrogen-bond acceptors (Lipinski definition) is 5. The largest absolute Gasteiger partial charge is 0.344 e. The lowest BCUT2D eigenvalue weighted by atomic mass is 9.91. The highest BCUT2D eigenvalue weighted by Crippen LogP contribution is 2.27. The summed E-state index contributed by atoms with van der Waals surface area (Å²) in [6.07, 6.45) is 1.12. The average molecular weight is 423 g/mol. The number of benzene rings is 1. The quantitative estimate of drug-likeness (QED) is 0.673. The van der Waals surface area contributed by atoms with Crippen LogP contribution >= 0.6 is 22.9 Å². The van der Waals surface area contributed by atoms with Crippen LogP contribution in [0.2, 0.25) is 5.02 Å². The zero-order valence-corrected chi connectivity index (χ0v) is 18.4. The van der Waals surface area contributed by atoms with Crippen molar-refractivity contribution in [2.24, 2.45) is 11.3 Å². The molecular weight excluding hydrogens is 396 g/mol. The fourth-order valence-electron chi connectivity index (χ4n) is 2.57. The molecule has 1 aromatic heterocycles. The van der Waals surface area contributed by atoms with Crippen molar-refractivity contribution in [1.82, 2.24) is 15.5 Å². The van der Waals surface area contributed by atoms with Gasteiger partial charge >= 0.3 is 0 Å². The Morgan fingerprint density at radius 1 is 1.18 bits per heavy atom. The Morgan fingerprint density at radius 2 is 1.82 bits per heavy atom. The highest BCUT2D eigenvalue weighted by molar-refractivity contribution is 7.18. The van der Waals surface area contributed by atoms with E-state index < -0.39 is 6.04 Å². The van der Waals surface area contributed by atoms with Gasteiger partial charge in [-0.25, -0.2) is 0 Å². The predicted molar refractivity (Wildman–Crippen MR) is 114 cm³/mol. The first-order valence-corrected chi connectivity index (χ1v) is 10.5. The summed E-state index contributed by atoms with van der Waals surface area (Å²) in [6.45, 7) is 9.91. The number of nitrogens with one attached hydrogen (secondary N) is 2. The molecular formula is C20H27ClN4O2S. The number of carbonyl (C=O) groups is 2. The standard InChI is InChI=1S/C20H27ClN4O2S/c1-6-12(2)16(22-15(26)11-20(3,4)5)17(27)23-19-25-24-18(28-19)13-7-9-14(21)10-8-13/h7-10,12,16H,6,11H2,1-5H3,(H,22,26)(H,23,25,27). The number of anilines is 1. The van der Waals surface area contributed by atoms with Gasteiger partial charge in [0, 0.05) is 17.0 Å². The van der Waals surface area contributed by atoms with Crippen molar-refractivity contribution in [3.05, 3.63) is 29.3 Å². The molecule has 6 nitrogen and oxygen atoms in total. The van der Waals surface area contributed by atoms with Crippen molar-refractivity contribution in [3.8, 4) is 10.6 Å². The van der Waals surface area contributed by atoms with Crippen LogP contribution in [0, 0.1) is 11.3 Å². The lowest BCUT2D eigenvalue weighted by molar-refractivity contribution is -0.128. The molecule has 0 aliphatic heterocycles. The van der Waals surface area contributed by atoms with E-state index in [-0.39, 0.29) is 23.1 Å². The van der Waals surface area contributed by atoms with Crippen molar-refractivity contribution < 1.29 is 9.59 Å². The van der Waals surface area contributed by atoms with Crippen LogP contribution < -0.4 is 10.6 Å². The molecule has 2 amide bonds. The van der Waals surface area contributed by atoms with E-state index in [2.05, 4.69) is 20.8 Å². The molecule has 152 valence electrons. The molecule has 0 aliphatic carbocycles. The third-order valence-electron chi connectivity index (χ3n) is 4.25. The first-order chi connectivity index (χ1) is 13.1. The first kappa shape index (κ1) is 22.3. The van der Waals surface area contributed by atoms with Crippen LogP contribution in [0.25, 0.3) is 10.6 Å². The topological polar surface area (TPSA) is 84.0 Å². The lowest BCUT2D eigenvalue weighted by Crippen LogP contribution is -2.48. The van der Waals surface area contributed by atoms with Crippen LogP contribution in [0.3, 0.4) is 0 Å². The van der Waals surface area contributed by atoms with Gasteiger partial charge in [-0.1, -0.05) is 76.1 Å². The van der Waals surface area contributed by atoms with Crippen molar-refractivity contribution in [1.29, 1.82) is 0 Å². The van der Waals surface area contributed by atoms with E-state index in [1.54, 1.807) is 12.1 Å². The van der Waals surface area contributed by atoms with Gasteiger partial charge in [-0.2, -0.15) is 0 Å². The van der Waals surface area contributed by atoms with E-state index in [9.17, 15) is 9.59 Å². The Balaban J connectivity index is 2.08. The van der Waals surface area contributed by atoms with Crippen molar-refractivity contribution in [2.75, 3.05) is 5.32 Å². The Kier molecular flexibility index (Phi) is 7.55. The summed E-state index contributed by atoms with van der Waals surface area (Å²) in [5.74, 6) is -0.421. The zero-order chi connectivity index (χ0) is 20.9. The van der Waals surface area contributed by atoms with Crippen LogP contribution in [0.5, 0.6) is 0 Å². The van der Waals surface area contributed by atoms with Gasteiger partial charge in [0.1, 0.15) is 11.0 Å². The molecule has 0 bridgehead atoms. The third kappa shape index (κ3) is 6.56. The summed E-state index contributed by atoms with van der Waals surface area (Å²) in [6, 6.07) is 6.63. The van der Waals surface area contributed by atoms with Crippen molar-refractivity contribution >= 4 is 39.9 Å². The van der Waals surface area contributed by atoms with Gasteiger partial charge in [0.2, 0.25) is 16.9 Å². The van der Waals surface area contributed by atoms with Crippen LogP contribution in [0.4, 0.5) is 5.13 Å². The van der Waals surface area contributed by atoms with Crippen LogP contribution in [-0.2, 0) is 9.59 Å². The molecule has 1 heterocycles. The Morgan fingerprint density at radius 3 is 2.39 bits per heavy atom. The van der Waals surface area contributed by atoms with Gasteiger partial charge < -0.3 is 5.32 Å². The van der Waals surface area contributed by atoms with Crippen LogP contribution in [-0.4, -0.2) is 28.1 Å². The molecule has 1 aromatic carbocycles. The Hall–Kier alpha value is -1.99. The van der Waals surface area contributed by atoms with E-state index in [1.165, 1.54) is 11.3 Å². The highest BCUT2D eigenvalue weighted by atomic mass is 35.5. The second kappa shape index (κ2) is 9.47. The molecule has 0 saturated heterocycles. The fraction of sp³-hybridized carbons (Fsp3) is 0.500. The monoisotopic (exact) mass is 422 g/mol. The molecule has 8 heteroatoms. The van der Waals surface area contributed by atoms with Gasteiger partial charge in [-0.3, -0.25) is 14.9 Å². The summed E-state index contributed by atoms with van der Waals surface area (Å²) >= 11 is 7.18. The lowest BCUT2D eigenvalue weighted by Gasteiger charge is -2.25. The second-order valence-corrected chi connectivity index (χ2v) is 9.49. The molecule has 2 atom stereocenters. The van der Waals surface area contributed by atoms with Crippen LogP contribution in [0.15, 0.2) is 24.3 Å². The number of nitrogens with zero attached hydrogens (tertiary/aromatic N) is 2. The molecule has 0 radical (unpaired) electrons. The predicted octanol–water partition coefficient (Wildman–Crippen LogP) is 4.76. The number of halogens is 1. The minimum absolute atomic E-state index is 0.00687. The number of aromatic nitrogens is 2. The number of amides is 2. The molecule has 2 unspecified atom stereocenters. The second-order valence-electron chi connectivity index (χ2n) is 8.08. The molecule has 28 heavy (non-hydrogen) atoms. The minimum atomic E-state index is -0.622. The maximum Gasteiger partial charge on any atom is 0.249 e. The Bertz CT molecular complexity index is 814. The number of hydrogen-bond donors (Lipinski definition) is 2. The summed E-state index contributed by atoms with van der Waals surface area (Å²) in [7, 11) is 0. The van der Waals surface area contributed by atoms with Gasteiger partial charge in [0.15, 0.2) is 0 Å². The van der Waals surface area contributed by atoms with E-state index in [1.807, 2.05) is 46.8 Å². The summed E-state index contributed by atoms with van der Waals surface area (Å²) in [4.78, 5) is 25.1. The van der Waals surface area contributed by atoms with Gasteiger partial charge in [0.05, 0.1) is 0 Å². The molecule has 0 aliphatic rings. The normalized spacial score (nSPS) is 13.6. The smallest absolute Gasteiger partial charge is 0.249 e. The van der Waals surface area contributed by atoms with E-state index in [4.69, 9.17) is 11.6 Å². The molecule has 0 saturated carbocycles. The maximum atomic E-state index is 12.8. The van der Waals surface area contributed by atoms with E-state index in [0.717, 1.165) is 12.0 Å². The molecule has 2 rings (SSSR count). The van der Waals surface area contributed by atoms with Crippen molar-refractivity contribution in [3.63, 3.8) is 0 Å². The van der Waals surface area contributed by atoms with E-state index in [0.29, 0.717) is 21.6 Å².